The Kier molecular flexibility index (Phi) is 10.6. The number of aryl methyl sites for hydroxylation is 1. The molecule has 0 spiro atoms. The molecule has 4 rings (SSSR count). The number of nitrogens with zero attached hydrogens (tertiary/aromatic N) is 1. The number of anilines is 1. The van der Waals surface area contributed by atoms with E-state index in [2.05, 4.69) is 5.32 Å². The fraction of sp³-hybridized carbons (Fsp3) is 0.176. The predicted octanol–water partition coefficient (Wildman–Crippen LogP) is 5.14. The van der Waals surface area contributed by atoms with Crippen molar-refractivity contribution in [1.82, 2.24) is 4.90 Å². The Labute approximate surface area is 249 Å². The van der Waals surface area contributed by atoms with Crippen molar-refractivity contribution in [2.75, 3.05) is 19.0 Å². The minimum Gasteiger partial charge on any atom is -0.497 e. The Balaban J connectivity index is 1.32. The SMILES string of the molecule is COc1ccc(CC(=O)Nc2ccc(C(=O)N(CC(=O)O)Cc3ccc(OC(=O)CCc4ccccc4)cc3)cc2)cc1. The average Bonchev–Trinajstić information content (AvgIpc) is 3.01. The molecule has 2 N–H and O–H groups in total. The van der Waals surface area contributed by atoms with Gasteiger partial charge in [-0.15, -0.1) is 0 Å². The number of esters is 1. The van der Waals surface area contributed by atoms with Gasteiger partial charge in [0.2, 0.25) is 5.91 Å². The molecule has 0 atom stereocenters. The van der Waals surface area contributed by atoms with Crippen LogP contribution >= 0.6 is 0 Å². The third kappa shape index (κ3) is 9.57. The number of methoxy groups -OCH3 is 1. The number of carbonyl (C=O) groups is 4. The zero-order valence-electron chi connectivity index (χ0n) is 23.7. The lowest BCUT2D eigenvalue weighted by molar-refractivity contribution is -0.138. The van der Waals surface area contributed by atoms with Gasteiger partial charge in [0, 0.05) is 24.2 Å². The van der Waals surface area contributed by atoms with Gasteiger partial charge in [-0.2, -0.15) is 0 Å². The summed E-state index contributed by atoms with van der Waals surface area (Å²) >= 11 is 0. The number of carboxylic acids is 1. The van der Waals surface area contributed by atoms with Crippen LogP contribution in [0.2, 0.25) is 0 Å². The van der Waals surface area contributed by atoms with Gasteiger partial charge in [0.25, 0.3) is 5.91 Å². The van der Waals surface area contributed by atoms with Crippen LogP contribution in [-0.2, 0) is 33.8 Å². The second-order valence-electron chi connectivity index (χ2n) is 9.81. The summed E-state index contributed by atoms with van der Waals surface area (Å²) < 4.78 is 10.5. The second kappa shape index (κ2) is 15.0. The molecule has 220 valence electrons. The fourth-order valence-electron chi connectivity index (χ4n) is 4.33. The third-order valence-corrected chi connectivity index (χ3v) is 6.54. The van der Waals surface area contributed by atoms with E-state index in [1.54, 1.807) is 55.6 Å². The Bertz CT molecular complexity index is 1530. The molecule has 4 aromatic carbocycles. The molecular formula is C34H32N2O7. The van der Waals surface area contributed by atoms with Gasteiger partial charge in [-0.3, -0.25) is 19.2 Å². The Morgan fingerprint density at radius 3 is 2.00 bits per heavy atom. The fourth-order valence-corrected chi connectivity index (χ4v) is 4.33. The van der Waals surface area contributed by atoms with Gasteiger partial charge < -0.3 is 24.8 Å². The van der Waals surface area contributed by atoms with Crippen LogP contribution in [0.1, 0.15) is 33.5 Å². The van der Waals surface area contributed by atoms with Crippen molar-refractivity contribution in [3.63, 3.8) is 0 Å². The maximum Gasteiger partial charge on any atom is 0.323 e. The van der Waals surface area contributed by atoms with Crippen molar-refractivity contribution < 1.29 is 33.8 Å². The summed E-state index contributed by atoms with van der Waals surface area (Å²) in [6, 6.07) is 29.7. The van der Waals surface area contributed by atoms with E-state index in [0.717, 1.165) is 11.1 Å². The van der Waals surface area contributed by atoms with Gasteiger partial charge >= 0.3 is 11.9 Å². The van der Waals surface area contributed by atoms with E-state index in [9.17, 15) is 24.3 Å². The zero-order valence-corrected chi connectivity index (χ0v) is 23.7. The monoisotopic (exact) mass is 580 g/mol. The summed E-state index contributed by atoms with van der Waals surface area (Å²) in [5.74, 6) is -1.15. The van der Waals surface area contributed by atoms with E-state index in [4.69, 9.17) is 9.47 Å². The van der Waals surface area contributed by atoms with Gasteiger partial charge in [-0.05, 0) is 71.6 Å². The number of benzene rings is 4. The molecule has 4 aromatic rings. The Hall–Kier alpha value is -5.44. The number of ether oxygens (including phenoxy) is 2. The van der Waals surface area contributed by atoms with Crippen molar-refractivity contribution >= 4 is 29.4 Å². The molecule has 0 unspecified atom stereocenters. The smallest absolute Gasteiger partial charge is 0.323 e. The number of hydrogen-bond acceptors (Lipinski definition) is 6. The van der Waals surface area contributed by atoms with E-state index in [1.165, 1.54) is 17.0 Å². The topological polar surface area (TPSA) is 122 Å². The first-order valence-corrected chi connectivity index (χ1v) is 13.7. The van der Waals surface area contributed by atoms with Crippen molar-refractivity contribution in [2.45, 2.75) is 25.8 Å². The van der Waals surface area contributed by atoms with E-state index >= 15 is 0 Å². The second-order valence-corrected chi connectivity index (χ2v) is 9.81. The zero-order chi connectivity index (χ0) is 30.6. The molecule has 0 saturated heterocycles. The summed E-state index contributed by atoms with van der Waals surface area (Å²) in [6.45, 7) is -0.469. The maximum absolute atomic E-state index is 13.2. The molecule has 0 fully saturated rings. The van der Waals surface area contributed by atoms with Crippen LogP contribution in [0.15, 0.2) is 103 Å². The van der Waals surface area contributed by atoms with Crippen molar-refractivity contribution in [3.05, 3.63) is 125 Å². The van der Waals surface area contributed by atoms with Gasteiger partial charge in [-0.25, -0.2) is 0 Å². The molecule has 0 aliphatic carbocycles. The lowest BCUT2D eigenvalue weighted by Crippen LogP contribution is -2.35. The minimum absolute atomic E-state index is 0.0354. The number of nitrogens with one attached hydrogen (secondary N) is 1. The number of aliphatic carboxylic acids is 1. The van der Waals surface area contributed by atoms with Gasteiger partial charge in [-0.1, -0.05) is 54.6 Å². The van der Waals surface area contributed by atoms with Crippen LogP contribution in [0, 0.1) is 0 Å². The molecule has 0 aliphatic heterocycles. The lowest BCUT2D eigenvalue weighted by atomic mass is 10.1. The number of amides is 2. The molecule has 0 saturated carbocycles. The summed E-state index contributed by atoms with van der Waals surface area (Å²) in [6.07, 6.45) is 0.974. The first kappa shape index (κ1) is 30.5. The molecule has 0 aromatic heterocycles. The van der Waals surface area contributed by atoms with E-state index in [-0.39, 0.29) is 36.8 Å². The van der Waals surface area contributed by atoms with Crippen molar-refractivity contribution in [1.29, 1.82) is 0 Å². The number of hydrogen-bond donors (Lipinski definition) is 2. The number of carboxylic acid groups (broad SMARTS) is 1. The van der Waals surface area contributed by atoms with Crippen LogP contribution in [0.3, 0.4) is 0 Å². The molecule has 2 amide bonds. The van der Waals surface area contributed by atoms with Crippen LogP contribution in [0.25, 0.3) is 0 Å². The largest absolute Gasteiger partial charge is 0.497 e. The standard InChI is InChI=1S/C34H32N2O7/c1-42-29-16-7-25(8-17-29)21-31(37)35-28-14-12-27(13-15-28)34(41)36(23-32(38)39)22-26-9-18-30(19-10-26)43-33(40)20-11-24-5-3-2-4-6-24/h2-10,12-19H,11,20-23H2,1H3,(H,35,37)(H,38,39). The van der Waals surface area contributed by atoms with Gasteiger partial charge in [0.1, 0.15) is 18.0 Å². The van der Waals surface area contributed by atoms with Gasteiger partial charge in [0.05, 0.1) is 13.5 Å². The molecule has 43 heavy (non-hydrogen) atoms. The average molecular weight is 581 g/mol. The van der Waals surface area contributed by atoms with Crippen molar-refractivity contribution in [2.24, 2.45) is 0 Å². The highest BCUT2D eigenvalue weighted by molar-refractivity contribution is 5.97. The van der Waals surface area contributed by atoms with Crippen LogP contribution in [0.5, 0.6) is 11.5 Å². The number of rotatable bonds is 13. The molecule has 0 aliphatic rings. The first-order valence-electron chi connectivity index (χ1n) is 13.7. The molecule has 9 nitrogen and oxygen atoms in total. The maximum atomic E-state index is 13.2. The lowest BCUT2D eigenvalue weighted by Gasteiger charge is -2.21. The predicted molar refractivity (Wildman–Crippen MR) is 161 cm³/mol. The molecule has 9 heteroatoms. The summed E-state index contributed by atoms with van der Waals surface area (Å²) in [7, 11) is 1.57. The van der Waals surface area contributed by atoms with Crippen LogP contribution in [-0.4, -0.2) is 47.4 Å². The molecule has 0 heterocycles. The number of carbonyl (C=O) groups excluding carboxylic acids is 3. The summed E-state index contributed by atoms with van der Waals surface area (Å²) in [5.41, 5.74) is 3.32. The normalized spacial score (nSPS) is 10.4. The highest BCUT2D eigenvalue weighted by atomic mass is 16.5. The summed E-state index contributed by atoms with van der Waals surface area (Å²) in [5, 5.41) is 12.2. The quantitative estimate of drug-likeness (QED) is 0.166. The Morgan fingerprint density at radius 2 is 1.37 bits per heavy atom. The van der Waals surface area contributed by atoms with E-state index < -0.39 is 18.4 Å². The Morgan fingerprint density at radius 1 is 0.744 bits per heavy atom. The van der Waals surface area contributed by atoms with E-state index in [1.807, 2.05) is 42.5 Å². The highest BCUT2D eigenvalue weighted by Crippen LogP contribution is 2.18. The van der Waals surface area contributed by atoms with E-state index in [0.29, 0.717) is 29.2 Å². The van der Waals surface area contributed by atoms with Crippen molar-refractivity contribution in [3.8, 4) is 11.5 Å². The molecular weight excluding hydrogens is 548 g/mol. The summed E-state index contributed by atoms with van der Waals surface area (Å²) in [4.78, 5) is 50.6. The van der Waals surface area contributed by atoms with Crippen LogP contribution in [0.4, 0.5) is 5.69 Å². The molecule has 0 bridgehead atoms. The van der Waals surface area contributed by atoms with Gasteiger partial charge in [0.15, 0.2) is 0 Å². The first-order chi connectivity index (χ1) is 20.8. The molecule has 0 radical (unpaired) electrons. The van der Waals surface area contributed by atoms with Crippen LogP contribution < -0.4 is 14.8 Å². The minimum atomic E-state index is -1.15. The highest BCUT2D eigenvalue weighted by Gasteiger charge is 2.19. The third-order valence-electron chi connectivity index (χ3n) is 6.54.